The van der Waals surface area contributed by atoms with Crippen molar-refractivity contribution in [2.75, 3.05) is 36.4 Å². The van der Waals surface area contributed by atoms with Crippen molar-refractivity contribution in [3.05, 3.63) is 60.2 Å². The summed E-state index contributed by atoms with van der Waals surface area (Å²) < 4.78 is 44.7. The molecular weight excluding hydrogens is 513 g/mol. The molecule has 9 nitrogen and oxygen atoms in total. The molecule has 1 aromatic carbocycles. The van der Waals surface area contributed by atoms with Gasteiger partial charge in [0.2, 0.25) is 0 Å². The van der Waals surface area contributed by atoms with Crippen LogP contribution in [0.1, 0.15) is 30.5 Å². The van der Waals surface area contributed by atoms with E-state index >= 15 is 0 Å². The molecule has 0 unspecified atom stereocenters. The average Bonchev–Trinajstić information content (AvgIpc) is 3.52. The molecule has 3 aromatic rings. The first-order chi connectivity index (χ1) is 18.7. The molecule has 0 radical (unpaired) electrons. The number of pyridine rings is 1. The number of halogens is 3. The highest BCUT2D eigenvalue weighted by Gasteiger charge is 2.43. The Labute approximate surface area is 222 Å². The summed E-state index contributed by atoms with van der Waals surface area (Å²) in [6.07, 6.45) is 1.42. The second kappa shape index (κ2) is 9.67. The monoisotopic (exact) mass is 540 g/mol. The van der Waals surface area contributed by atoms with Crippen molar-refractivity contribution in [3.8, 4) is 17.0 Å². The molecule has 6 rings (SSSR count). The van der Waals surface area contributed by atoms with Crippen molar-refractivity contribution in [1.29, 1.82) is 0 Å². The van der Waals surface area contributed by atoms with Gasteiger partial charge in [0.15, 0.2) is 5.69 Å². The lowest BCUT2D eigenvalue weighted by Gasteiger charge is -2.39. The zero-order valence-electron chi connectivity index (χ0n) is 21.0. The predicted octanol–water partition coefficient (Wildman–Crippen LogP) is 4.13. The van der Waals surface area contributed by atoms with E-state index in [1.165, 1.54) is 6.20 Å². The summed E-state index contributed by atoms with van der Waals surface area (Å²) in [5.41, 5.74) is 2.05. The number of piperidine rings is 1. The van der Waals surface area contributed by atoms with Gasteiger partial charge in [0.1, 0.15) is 17.2 Å². The summed E-state index contributed by atoms with van der Waals surface area (Å²) >= 11 is 0. The summed E-state index contributed by atoms with van der Waals surface area (Å²) in [6, 6.07) is 9.25. The summed E-state index contributed by atoms with van der Waals surface area (Å²) in [5.74, 6) is 1.17. The van der Waals surface area contributed by atoms with Crippen LogP contribution >= 0.6 is 0 Å². The molecule has 12 heteroatoms. The molecule has 2 amide bonds. The number of hydrogen-bond acceptors (Lipinski definition) is 7. The van der Waals surface area contributed by atoms with Gasteiger partial charge in [-0.2, -0.15) is 13.2 Å². The topological polar surface area (TPSA) is 104 Å². The van der Waals surface area contributed by atoms with Crippen molar-refractivity contribution >= 4 is 17.5 Å². The molecule has 2 fully saturated rings. The predicted molar refractivity (Wildman–Crippen MR) is 136 cm³/mol. The van der Waals surface area contributed by atoms with Crippen LogP contribution in [-0.2, 0) is 12.6 Å². The van der Waals surface area contributed by atoms with Gasteiger partial charge in [-0.1, -0.05) is 12.1 Å². The van der Waals surface area contributed by atoms with Crippen LogP contribution in [-0.4, -0.2) is 68.9 Å². The molecule has 204 valence electrons. The van der Waals surface area contributed by atoms with Gasteiger partial charge in [-0.25, -0.2) is 14.8 Å². The molecule has 0 aliphatic carbocycles. The fourth-order valence-corrected chi connectivity index (χ4v) is 5.40. The van der Waals surface area contributed by atoms with Gasteiger partial charge in [-0.05, 0) is 24.6 Å². The first-order valence-electron chi connectivity index (χ1n) is 12.8. The number of aliphatic hydroxyl groups excluding tert-OH is 1. The third-order valence-corrected chi connectivity index (χ3v) is 7.60. The summed E-state index contributed by atoms with van der Waals surface area (Å²) in [4.78, 5) is 28.0. The van der Waals surface area contributed by atoms with Crippen molar-refractivity contribution < 1.29 is 27.8 Å². The van der Waals surface area contributed by atoms with Gasteiger partial charge in [0, 0.05) is 62.3 Å². The van der Waals surface area contributed by atoms with Crippen LogP contribution in [0.5, 0.6) is 5.75 Å². The number of carbonyl (C=O) groups excluding carboxylic acids is 1. The minimum atomic E-state index is -4.51. The van der Waals surface area contributed by atoms with Gasteiger partial charge in [0.05, 0.1) is 30.4 Å². The number of fused-ring (bicyclic) bond motifs is 1. The minimum absolute atomic E-state index is 0.228. The number of urea groups is 1. The summed E-state index contributed by atoms with van der Waals surface area (Å²) in [5, 5.41) is 12.5. The number of ether oxygens (including phenoxy) is 1. The van der Waals surface area contributed by atoms with E-state index < -0.39 is 18.0 Å². The van der Waals surface area contributed by atoms with Gasteiger partial charge in [-0.3, -0.25) is 4.98 Å². The van der Waals surface area contributed by atoms with Crippen LogP contribution in [0.4, 0.5) is 29.5 Å². The smallest absolute Gasteiger partial charge is 0.434 e. The van der Waals surface area contributed by atoms with E-state index in [9.17, 15) is 23.1 Å². The number of alkyl halides is 3. The van der Waals surface area contributed by atoms with E-state index in [1.54, 1.807) is 11.1 Å². The van der Waals surface area contributed by atoms with Crippen molar-refractivity contribution in [3.63, 3.8) is 0 Å². The van der Waals surface area contributed by atoms with Crippen LogP contribution in [0.3, 0.4) is 0 Å². The normalized spacial score (nSPS) is 20.2. The number of amides is 2. The zero-order valence-corrected chi connectivity index (χ0v) is 21.0. The Morgan fingerprint density at radius 3 is 2.46 bits per heavy atom. The number of rotatable bonds is 3. The van der Waals surface area contributed by atoms with Crippen molar-refractivity contribution in [2.24, 2.45) is 0 Å². The number of benzene rings is 1. The highest BCUT2D eigenvalue weighted by Crippen LogP contribution is 2.42. The quantitative estimate of drug-likeness (QED) is 0.515. The van der Waals surface area contributed by atoms with E-state index in [1.807, 2.05) is 35.2 Å². The van der Waals surface area contributed by atoms with E-state index in [4.69, 9.17) is 4.74 Å². The van der Waals surface area contributed by atoms with Gasteiger partial charge in [-0.15, -0.1) is 0 Å². The first kappa shape index (κ1) is 25.4. The third kappa shape index (κ3) is 5.20. The number of nitrogens with one attached hydrogen (secondary N) is 1. The molecule has 2 saturated heterocycles. The standard InChI is InChI=1S/C27H27F3N6O3/c28-27(29,30)23-14-33-24(15-32-23)35-9-6-26(7-10-35)12-18-11-21(31-13-22(18)39-26)17-1-3-19(4-2-17)34-25(38)36-8-5-20(37)16-36/h1-4,11,13-15,20,37H,5-10,12,16H2,(H,34,38)/t20-/m1/s1. The number of β-amino-alcohol motifs (C(OH)–C–C–N with tert-alkyl or cyclic N) is 1. The lowest BCUT2D eigenvalue weighted by atomic mass is 9.87. The van der Waals surface area contributed by atoms with Crippen LogP contribution < -0.4 is 15.0 Å². The molecule has 5 heterocycles. The summed E-state index contributed by atoms with van der Waals surface area (Å²) in [7, 11) is 0. The van der Waals surface area contributed by atoms with E-state index in [-0.39, 0.29) is 11.6 Å². The minimum Gasteiger partial charge on any atom is -0.485 e. The third-order valence-electron chi connectivity index (χ3n) is 7.60. The molecule has 1 atom stereocenters. The van der Waals surface area contributed by atoms with Crippen LogP contribution in [0.25, 0.3) is 11.3 Å². The molecule has 3 aliphatic rings. The molecule has 1 spiro atoms. The van der Waals surface area contributed by atoms with Crippen LogP contribution in [0.2, 0.25) is 0 Å². The Balaban J connectivity index is 1.08. The van der Waals surface area contributed by atoms with E-state index in [2.05, 4.69) is 20.3 Å². The van der Waals surface area contributed by atoms with Crippen molar-refractivity contribution in [2.45, 2.75) is 43.6 Å². The highest BCUT2D eigenvalue weighted by molar-refractivity contribution is 5.89. The van der Waals surface area contributed by atoms with Crippen LogP contribution in [0.15, 0.2) is 48.9 Å². The van der Waals surface area contributed by atoms with Gasteiger partial charge >= 0.3 is 12.2 Å². The second-order valence-electron chi connectivity index (χ2n) is 10.3. The number of likely N-dealkylation sites (tertiary alicyclic amines) is 1. The lowest BCUT2D eigenvalue weighted by Crippen LogP contribution is -2.47. The Kier molecular flexibility index (Phi) is 6.29. The summed E-state index contributed by atoms with van der Waals surface area (Å²) in [6.45, 7) is 2.07. The highest BCUT2D eigenvalue weighted by atomic mass is 19.4. The Morgan fingerprint density at radius 2 is 1.82 bits per heavy atom. The first-order valence-corrected chi connectivity index (χ1v) is 12.8. The van der Waals surface area contributed by atoms with E-state index in [0.29, 0.717) is 56.9 Å². The van der Waals surface area contributed by atoms with Gasteiger partial charge in [0.25, 0.3) is 0 Å². The fourth-order valence-electron chi connectivity index (χ4n) is 5.40. The number of anilines is 2. The second-order valence-corrected chi connectivity index (χ2v) is 10.3. The Hall–Kier alpha value is -3.93. The maximum Gasteiger partial charge on any atom is 0.434 e. The maximum atomic E-state index is 12.8. The van der Waals surface area contributed by atoms with Gasteiger partial charge < -0.3 is 25.0 Å². The zero-order chi connectivity index (χ0) is 27.2. The average molecular weight is 541 g/mol. The number of aliphatic hydroxyl groups is 1. The SMILES string of the molecule is O=C(Nc1ccc(-c2cc3c(cn2)OC2(CCN(c4cnc(C(F)(F)F)cn4)CC2)C3)cc1)N1CC[C@@H](O)C1. The molecular formula is C27H27F3N6O3. The van der Waals surface area contributed by atoms with Crippen LogP contribution in [0, 0.1) is 0 Å². The molecule has 0 bridgehead atoms. The Morgan fingerprint density at radius 1 is 1.05 bits per heavy atom. The molecule has 3 aliphatic heterocycles. The number of aromatic nitrogens is 3. The Bertz CT molecular complexity index is 1360. The van der Waals surface area contributed by atoms with E-state index in [0.717, 1.165) is 35.2 Å². The molecule has 39 heavy (non-hydrogen) atoms. The fraction of sp³-hybridized carbons (Fsp3) is 0.407. The number of carbonyl (C=O) groups is 1. The molecule has 2 aromatic heterocycles. The van der Waals surface area contributed by atoms with Crippen molar-refractivity contribution in [1.82, 2.24) is 19.9 Å². The number of nitrogens with zero attached hydrogens (tertiary/aromatic N) is 5. The lowest BCUT2D eigenvalue weighted by molar-refractivity contribution is -0.141. The largest absolute Gasteiger partial charge is 0.485 e. The molecule has 0 saturated carbocycles. The number of hydrogen-bond donors (Lipinski definition) is 2. The molecule has 2 N–H and O–H groups in total. The maximum absolute atomic E-state index is 12.8.